The van der Waals surface area contributed by atoms with Gasteiger partial charge in [0.25, 0.3) is 0 Å². The van der Waals surface area contributed by atoms with Gasteiger partial charge in [-0.05, 0) is 99.2 Å². The first-order valence-electron chi connectivity index (χ1n) is 9.83. The van der Waals surface area contributed by atoms with Crippen LogP contribution in [0.4, 0.5) is 0 Å². The third-order valence-corrected chi connectivity index (χ3v) is 6.13. The monoisotopic (exact) mass is 368 g/mol. The summed E-state index contributed by atoms with van der Waals surface area (Å²) in [6.45, 7) is 8.57. The summed E-state index contributed by atoms with van der Waals surface area (Å²) in [5, 5.41) is 0. The molecule has 0 unspecified atom stereocenters. The standard InChI is InChI=1S/C24H24N4/c1-13-17-5-7-19(25-17)14(2)21-9-11-23(27-21)16(4)24-12-10-22(28-24)15(3)20-8-6-18(13)26-20/h5-9,11,25-26H,10,12H2,1-4H3. The maximum Gasteiger partial charge on any atom is 0.0687 e. The number of rotatable bonds is 0. The molecule has 3 aromatic heterocycles. The van der Waals surface area contributed by atoms with Gasteiger partial charge >= 0.3 is 0 Å². The third kappa shape index (κ3) is 2.60. The molecule has 0 radical (unpaired) electrons. The summed E-state index contributed by atoms with van der Waals surface area (Å²) in [7, 11) is 0. The number of aryl methyl sites for hydroxylation is 5. The van der Waals surface area contributed by atoms with Crippen molar-refractivity contribution >= 4 is 34.2 Å². The first kappa shape index (κ1) is 17.0. The Bertz CT molecular complexity index is 1300. The molecule has 5 heterocycles. The Balaban J connectivity index is 1.95. The van der Waals surface area contributed by atoms with Crippen LogP contribution in [0.25, 0.3) is 34.2 Å². The van der Waals surface area contributed by atoms with Crippen LogP contribution in [-0.2, 0) is 12.8 Å². The van der Waals surface area contributed by atoms with Gasteiger partial charge < -0.3 is 9.97 Å². The van der Waals surface area contributed by atoms with Crippen LogP contribution in [-0.4, -0.2) is 19.9 Å². The van der Waals surface area contributed by atoms with E-state index >= 15 is 0 Å². The van der Waals surface area contributed by atoms with E-state index in [9.17, 15) is 0 Å². The molecule has 3 aromatic rings. The van der Waals surface area contributed by atoms with Crippen LogP contribution in [0.5, 0.6) is 0 Å². The zero-order valence-electron chi connectivity index (χ0n) is 16.8. The minimum Gasteiger partial charge on any atom is -0.355 e. The highest BCUT2D eigenvalue weighted by atomic mass is 14.8. The predicted octanol–water partition coefficient (Wildman–Crippen LogP) is 5.50. The van der Waals surface area contributed by atoms with Gasteiger partial charge in [0.15, 0.2) is 0 Å². The van der Waals surface area contributed by atoms with E-state index in [0.717, 1.165) is 57.6 Å². The lowest BCUT2D eigenvalue weighted by molar-refractivity contribution is 1.00. The molecule has 0 saturated heterocycles. The molecule has 0 saturated carbocycles. The Morgan fingerprint density at radius 1 is 0.571 bits per heavy atom. The molecule has 0 aromatic carbocycles. The lowest BCUT2D eigenvalue weighted by Crippen LogP contribution is -1.89. The van der Waals surface area contributed by atoms with Crippen molar-refractivity contribution in [3.05, 3.63) is 69.3 Å². The van der Waals surface area contributed by atoms with Crippen LogP contribution >= 0.6 is 0 Å². The van der Waals surface area contributed by atoms with Gasteiger partial charge in [-0.1, -0.05) is 0 Å². The summed E-state index contributed by atoms with van der Waals surface area (Å²) in [4.78, 5) is 17.0. The number of aromatic amines is 2. The lowest BCUT2D eigenvalue weighted by Gasteiger charge is -1.97. The van der Waals surface area contributed by atoms with E-state index in [4.69, 9.17) is 9.97 Å². The highest BCUT2D eigenvalue weighted by molar-refractivity contribution is 5.79. The van der Waals surface area contributed by atoms with Crippen molar-refractivity contribution in [3.8, 4) is 0 Å². The predicted molar refractivity (Wildman–Crippen MR) is 116 cm³/mol. The summed E-state index contributed by atoms with van der Waals surface area (Å²) in [5.41, 5.74) is 13.6. The van der Waals surface area contributed by atoms with E-state index in [2.05, 4.69) is 74.1 Å². The molecule has 5 rings (SSSR count). The van der Waals surface area contributed by atoms with Gasteiger partial charge in [0.05, 0.1) is 11.4 Å². The van der Waals surface area contributed by atoms with Crippen molar-refractivity contribution in [3.63, 3.8) is 0 Å². The summed E-state index contributed by atoms with van der Waals surface area (Å²) in [5.74, 6) is 0. The molecule has 2 aliphatic rings. The minimum atomic E-state index is 0.974. The summed E-state index contributed by atoms with van der Waals surface area (Å²) in [6.07, 6.45) is 6.18. The summed E-state index contributed by atoms with van der Waals surface area (Å²) < 4.78 is 0. The topological polar surface area (TPSA) is 57.4 Å². The number of H-pyrrole nitrogens is 2. The zero-order chi connectivity index (χ0) is 19.4. The molecular weight excluding hydrogens is 344 g/mol. The Labute approximate surface area is 164 Å². The van der Waals surface area contributed by atoms with Gasteiger partial charge in [0, 0.05) is 33.5 Å². The highest BCUT2D eigenvalue weighted by Gasteiger charge is 2.15. The third-order valence-electron chi connectivity index (χ3n) is 6.13. The largest absolute Gasteiger partial charge is 0.355 e. The van der Waals surface area contributed by atoms with Crippen LogP contribution in [0, 0.1) is 27.7 Å². The van der Waals surface area contributed by atoms with Crippen LogP contribution in [0.1, 0.15) is 45.0 Å². The molecule has 4 nitrogen and oxygen atoms in total. The molecule has 2 aliphatic heterocycles. The van der Waals surface area contributed by atoms with Gasteiger partial charge in [-0.2, -0.15) is 0 Å². The molecule has 8 bridgehead atoms. The fourth-order valence-corrected chi connectivity index (χ4v) is 4.09. The molecule has 0 aliphatic carbocycles. The van der Waals surface area contributed by atoms with Crippen molar-refractivity contribution in [1.82, 2.24) is 19.9 Å². The number of hydrogen-bond donors (Lipinski definition) is 2. The first-order valence-corrected chi connectivity index (χ1v) is 9.83. The van der Waals surface area contributed by atoms with Crippen LogP contribution in [0.2, 0.25) is 0 Å². The van der Waals surface area contributed by atoms with E-state index in [1.807, 2.05) is 0 Å². The zero-order valence-corrected chi connectivity index (χ0v) is 16.8. The molecular formula is C24H24N4. The van der Waals surface area contributed by atoms with E-state index in [1.54, 1.807) is 0 Å². The average Bonchev–Trinajstić information content (AvgIpc) is 3.49. The molecule has 0 fully saturated rings. The van der Waals surface area contributed by atoms with Crippen molar-refractivity contribution in [2.24, 2.45) is 0 Å². The smallest absolute Gasteiger partial charge is 0.0687 e. The Kier molecular flexibility index (Phi) is 3.76. The van der Waals surface area contributed by atoms with Gasteiger partial charge in [0.1, 0.15) is 0 Å². The van der Waals surface area contributed by atoms with Crippen LogP contribution in [0.15, 0.2) is 24.3 Å². The second-order valence-electron chi connectivity index (χ2n) is 7.79. The fourth-order valence-electron chi connectivity index (χ4n) is 4.09. The second kappa shape index (κ2) is 6.20. The van der Waals surface area contributed by atoms with Crippen LogP contribution in [0.3, 0.4) is 0 Å². The van der Waals surface area contributed by atoms with Crippen LogP contribution < -0.4 is 0 Å². The molecule has 0 spiro atoms. The van der Waals surface area contributed by atoms with Crippen molar-refractivity contribution < 1.29 is 0 Å². The fraction of sp³-hybridized carbons (Fsp3) is 0.250. The normalized spacial score (nSPS) is 13.3. The first-order chi connectivity index (χ1) is 13.5. The Hall–Kier alpha value is -3.14. The lowest BCUT2D eigenvalue weighted by atomic mass is 10.1. The van der Waals surface area contributed by atoms with E-state index in [-0.39, 0.29) is 0 Å². The molecule has 2 N–H and O–H groups in total. The maximum atomic E-state index is 4.98. The van der Waals surface area contributed by atoms with Crippen molar-refractivity contribution in [1.29, 1.82) is 0 Å². The molecule has 28 heavy (non-hydrogen) atoms. The number of hydrogen-bond acceptors (Lipinski definition) is 2. The number of fused-ring (bicyclic) bond motifs is 8. The SMILES string of the molecule is Cc1c2nc(c(C)c3ccc([nH]3)c(C)c3ccc([nH]3)c(C)c3nc1CC3)C=C2. The second-order valence-corrected chi connectivity index (χ2v) is 7.79. The van der Waals surface area contributed by atoms with Gasteiger partial charge in [-0.15, -0.1) is 0 Å². The van der Waals surface area contributed by atoms with E-state index in [1.165, 1.54) is 22.4 Å². The summed E-state index contributed by atoms with van der Waals surface area (Å²) in [6, 6.07) is 8.60. The molecule has 0 atom stereocenters. The van der Waals surface area contributed by atoms with Gasteiger partial charge in [-0.25, -0.2) is 4.98 Å². The minimum absolute atomic E-state index is 0.974. The number of nitrogens with zero attached hydrogens (tertiary/aromatic N) is 2. The summed E-state index contributed by atoms with van der Waals surface area (Å²) >= 11 is 0. The molecule has 4 heteroatoms. The van der Waals surface area contributed by atoms with Crippen molar-refractivity contribution in [2.45, 2.75) is 40.5 Å². The van der Waals surface area contributed by atoms with E-state index < -0.39 is 0 Å². The molecule has 140 valence electrons. The number of nitrogens with one attached hydrogen (secondary N) is 2. The Morgan fingerprint density at radius 3 is 1.64 bits per heavy atom. The highest BCUT2D eigenvalue weighted by Crippen LogP contribution is 2.25. The van der Waals surface area contributed by atoms with E-state index in [0.29, 0.717) is 0 Å². The van der Waals surface area contributed by atoms with Crippen molar-refractivity contribution in [2.75, 3.05) is 0 Å². The molecule has 0 amide bonds. The average molecular weight is 368 g/mol. The Morgan fingerprint density at radius 2 is 1.04 bits per heavy atom. The van der Waals surface area contributed by atoms with Gasteiger partial charge in [0.2, 0.25) is 0 Å². The maximum absolute atomic E-state index is 4.98. The quantitative estimate of drug-likeness (QED) is 0.430. The van der Waals surface area contributed by atoms with Gasteiger partial charge in [-0.3, -0.25) is 4.98 Å². The number of aromatic nitrogens is 4.